The maximum absolute atomic E-state index is 9.48. The molecule has 13 heavy (non-hydrogen) atoms. The lowest BCUT2D eigenvalue weighted by molar-refractivity contribution is 0.149. The van der Waals surface area contributed by atoms with Crippen molar-refractivity contribution in [2.24, 2.45) is 0 Å². The highest BCUT2D eigenvalue weighted by Gasteiger charge is 2.05. The first-order valence-corrected chi connectivity index (χ1v) is 4.09. The first kappa shape index (κ1) is 8.22. The highest BCUT2D eigenvalue weighted by atomic mass is 16.3. The summed E-state index contributed by atoms with van der Waals surface area (Å²) in [6.45, 7) is 0. The molecule has 0 radical (unpaired) electrons. The summed E-state index contributed by atoms with van der Waals surface area (Å²) in [6, 6.07) is 5.61. The van der Waals surface area contributed by atoms with Gasteiger partial charge in [0.2, 0.25) is 0 Å². The van der Waals surface area contributed by atoms with E-state index in [1.807, 2.05) is 18.2 Å². The Bertz CT molecular complexity index is 410. The topological polar surface area (TPSA) is 60.9 Å². The fourth-order valence-electron chi connectivity index (χ4n) is 1.29. The molecule has 0 aliphatic carbocycles. The van der Waals surface area contributed by atoms with Gasteiger partial charge in [0.1, 0.15) is 6.23 Å². The van der Waals surface area contributed by atoms with E-state index in [4.69, 9.17) is 0 Å². The minimum Gasteiger partial charge on any atom is -0.374 e. The minimum absolute atomic E-state index is 0.618. The number of fused-ring (bicyclic) bond motifs is 1. The summed E-state index contributed by atoms with van der Waals surface area (Å²) in [5.41, 5.74) is 2.68. The van der Waals surface area contributed by atoms with Crippen LogP contribution in [-0.2, 0) is 0 Å². The zero-order valence-corrected chi connectivity index (χ0v) is 7.28. The van der Waals surface area contributed by atoms with E-state index in [0.717, 1.165) is 16.6 Å². The molecule has 0 spiro atoms. The first-order valence-electron chi connectivity index (χ1n) is 4.09. The first-order chi connectivity index (χ1) is 6.31. The zero-order chi connectivity index (χ0) is 9.26. The lowest BCUT2D eigenvalue weighted by atomic mass is 10.2. The number of benzene rings is 1. The van der Waals surface area contributed by atoms with Gasteiger partial charge in [0.05, 0.1) is 17.4 Å². The lowest BCUT2D eigenvalue weighted by Gasteiger charge is -2.08. The lowest BCUT2D eigenvalue weighted by Crippen LogP contribution is -2.14. The largest absolute Gasteiger partial charge is 0.374 e. The molecule has 1 aromatic heterocycles. The smallest absolute Gasteiger partial charge is 0.130 e. The summed E-state index contributed by atoms with van der Waals surface area (Å²) in [5, 5.41) is 12.2. The van der Waals surface area contributed by atoms with E-state index in [1.54, 1.807) is 13.4 Å². The third-order valence-electron chi connectivity index (χ3n) is 2.03. The van der Waals surface area contributed by atoms with Crippen molar-refractivity contribution in [3.63, 3.8) is 0 Å². The average Bonchev–Trinajstić information content (AvgIpc) is 2.63. The zero-order valence-electron chi connectivity index (χ0n) is 7.28. The van der Waals surface area contributed by atoms with E-state index in [1.165, 1.54) is 0 Å². The molecule has 0 aliphatic rings. The molecule has 0 saturated heterocycles. The van der Waals surface area contributed by atoms with Gasteiger partial charge in [-0.15, -0.1) is 0 Å². The second kappa shape index (κ2) is 3.16. The van der Waals surface area contributed by atoms with Crippen molar-refractivity contribution in [3.8, 4) is 0 Å². The molecule has 1 atom stereocenters. The van der Waals surface area contributed by atoms with Crippen LogP contribution in [-0.4, -0.2) is 22.1 Å². The molecule has 4 nitrogen and oxygen atoms in total. The maximum Gasteiger partial charge on any atom is 0.130 e. The summed E-state index contributed by atoms with van der Waals surface area (Å²) in [4.78, 5) is 7.08. The second-order valence-corrected chi connectivity index (χ2v) is 2.87. The Labute approximate surface area is 75.6 Å². The van der Waals surface area contributed by atoms with Crippen LogP contribution >= 0.6 is 0 Å². The molecule has 0 saturated carbocycles. The Morgan fingerprint density at radius 2 is 2.38 bits per heavy atom. The Morgan fingerprint density at radius 1 is 1.54 bits per heavy atom. The van der Waals surface area contributed by atoms with E-state index in [-0.39, 0.29) is 0 Å². The molecule has 0 bridgehead atoms. The maximum atomic E-state index is 9.48. The third kappa shape index (κ3) is 1.41. The van der Waals surface area contributed by atoms with Crippen LogP contribution in [0.2, 0.25) is 0 Å². The quantitative estimate of drug-likeness (QED) is 0.594. The molecule has 0 aliphatic heterocycles. The van der Waals surface area contributed by atoms with Crippen molar-refractivity contribution in [1.29, 1.82) is 0 Å². The van der Waals surface area contributed by atoms with E-state index < -0.39 is 6.23 Å². The number of aliphatic hydroxyl groups is 1. The van der Waals surface area contributed by atoms with Crippen LogP contribution in [0.1, 0.15) is 11.8 Å². The number of nitrogens with one attached hydrogen (secondary N) is 2. The standard InChI is InChI=1S/C9H11N3O/c1-10-9(13)6-2-3-7-8(4-6)12-5-11-7/h2-5,9-10,13H,1H3,(H,11,12). The van der Waals surface area contributed by atoms with Crippen molar-refractivity contribution < 1.29 is 5.11 Å². The van der Waals surface area contributed by atoms with E-state index >= 15 is 0 Å². The average molecular weight is 177 g/mol. The predicted octanol–water partition coefficient (Wildman–Crippen LogP) is 0.773. The van der Waals surface area contributed by atoms with Gasteiger partial charge >= 0.3 is 0 Å². The number of aliphatic hydroxyl groups excluding tert-OH is 1. The van der Waals surface area contributed by atoms with Gasteiger partial charge in [0.15, 0.2) is 0 Å². The molecule has 0 amide bonds. The molecule has 2 aromatic rings. The third-order valence-corrected chi connectivity index (χ3v) is 2.03. The number of hydrogen-bond donors (Lipinski definition) is 3. The van der Waals surface area contributed by atoms with E-state index in [9.17, 15) is 5.11 Å². The van der Waals surface area contributed by atoms with Gasteiger partial charge in [-0.3, -0.25) is 5.32 Å². The number of aromatic nitrogens is 2. The summed E-state index contributed by atoms with van der Waals surface area (Å²) in [6.07, 6.45) is 1.02. The Balaban J connectivity index is 2.48. The van der Waals surface area contributed by atoms with Crippen molar-refractivity contribution in [2.75, 3.05) is 7.05 Å². The number of imidazole rings is 1. The van der Waals surface area contributed by atoms with Crippen LogP contribution in [0.5, 0.6) is 0 Å². The minimum atomic E-state index is -0.618. The van der Waals surface area contributed by atoms with Crippen LogP contribution in [0.15, 0.2) is 24.5 Å². The van der Waals surface area contributed by atoms with Crippen LogP contribution in [0, 0.1) is 0 Å². The number of nitrogens with zero attached hydrogens (tertiary/aromatic N) is 1. The monoisotopic (exact) mass is 177 g/mol. The molecule has 1 aromatic carbocycles. The summed E-state index contributed by atoms with van der Waals surface area (Å²) >= 11 is 0. The highest BCUT2D eigenvalue weighted by Crippen LogP contribution is 2.15. The second-order valence-electron chi connectivity index (χ2n) is 2.87. The summed E-state index contributed by atoms with van der Waals surface area (Å²) < 4.78 is 0. The molecular formula is C9H11N3O. The SMILES string of the molecule is CNC(O)c1ccc2nc[nH]c2c1. The predicted molar refractivity (Wildman–Crippen MR) is 50.1 cm³/mol. The molecule has 0 fully saturated rings. The van der Waals surface area contributed by atoms with Gasteiger partial charge in [-0.05, 0) is 24.7 Å². The van der Waals surface area contributed by atoms with Crippen LogP contribution in [0.25, 0.3) is 11.0 Å². The van der Waals surface area contributed by atoms with Gasteiger partial charge in [0, 0.05) is 0 Å². The normalized spacial score (nSPS) is 13.4. The molecule has 3 N–H and O–H groups in total. The van der Waals surface area contributed by atoms with Gasteiger partial charge < -0.3 is 10.1 Å². The number of H-pyrrole nitrogens is 1. The van der Waals surface area contributed by atoms with Gasteiger partial charge in [-0.25, -0.2) is 4.98 Å². The highest BCUT2D eigenvalue weighted by molar-refractivity contribution is 5.75. The molecule has 1 unspecified atom stereocenters. The van der Waals surface area contributed by atoms with E-state index in [2.05, 4.69) is 15.3 Å². The summed E-state index contributed by atoms with van der Waals surface area (Å²) in [7, 11) is 1.71. The van der Waals surface area contributed by atoms with Crippen LogP contribution in [0.4, 0.5) is 0 Å². The fraction of sp³-hybridized carbons (Fsp3) is 0.222. The van der Waals surface area contributed by atoms with Crippen LogP contribution in [0.3, 0.4) is 0 Å². The van der Waals surface area contributed by atoms with Crippen molar-refractivity contribution >= 4 is 11.0 Å². The fourth-order valence-corrected chi connectivity index (χ4v) is 1.29. The molecule has 4 heteroatoms. The summed E-state index contributed by atoms with van der Waals surface area (Å²) in [5.74, 6) is 0. The van der Waals surface area contributed by atoms with Crippen LogP contribution < -0.4 is 5.32 Å². The van der Waals surface area contributed by atoms with E-state index in [0.29, 0.717) is 0 Å². The Hall–Kier alpha value is -1.39. The number of aromatic amines is 1. The van der Waals surface area contributed by atoms with Gasteiger partial charge in [-0.2, -0.15) is 0 Å². The number of rotatable bonds is 2. The van der Waals surface area contributed by atoms with Crippen molar-refractivity contribution in [2.45, 2.75) is 6.23 Å². The molecule has 2 rings (SSSR count). The van der Waals surface area contributed by atoms with Gasteiger partial charge in [-0.1, -0.05) is 6.07 Å². The Kier molecular flexibility index (Phi) is 2.00. The number of hydrogen-bond acceptors (Lipinski definition) is 3. The molecular weight excluding hydrogens is 166 g/mol. The van der Waals surface area contributed by atoms with Crippen molar-refractivity contribution in [3.05, 3.63) is 30.1 Å². The van der Waals surface area contributed by atoms with Crippen molar-refractivity contribution in [1.82, 2.24) is 15.3 Å². The Morgan fingerprint density at radius 3 is 3.15 bits per heavy atom. The van der Waals surface area contributed by atoms with Gasteiger partial charge in [0.25, 0.3) is 0 Å². The molecule has 68 valence electrons. The molecule has 1 heterocycles.